The monoisotopic (exact) mass is 410 g/mol. The summed E-state index contributed by atoms with van der Waals surface area (Å²) in [7, 11) is 0. The number of carbonyl (C=O) groups is 1. The summed E-state index contributed by atoms with van der Waals surface area (Å²) in [5.74, 6) is 2.39. The number of aliphatic hydroxyl groups is 1. The Balaban J connectivity index is 1.29. The standard InChI is InChI=1S/C23H26N2O5/c1-13-6-7-19(14(2)24-13)30-21-9-16-11-25(10-15(16)8-18(21)26)23(27)17-4-3-5-20-22(17)29-12-28-20/h3-7,15-16,18,21,26H,8-12H2,1-2H3/t15-,16+,18+,21+/m0/s1. The van der Waals surface area contributed by atoms with E-state index in [0.717, 1.165) is 17.8 Å². The van der Waals surface area contributed by atoms with Crippen LogP contribution in [0, 0.1) is 25.7 Å². The molecule has 2 aliphatic heterocycles. The highest BCUT2D eigenvalue weighted by molar-refractivity contribution is 5.98. The molecule has 158 valence electrons. The van der Waals surface area contributed by atoms with Crippen molar-refractivity contribution in [3.05, 3.63) is 47.3 Å². The first-order valence-corrected chi connectivity index (χ1v) is 10.5. The van der Waals surface area contributed by atoms with Gasteiger partial charge in [0, 0.05) is 18.8 Å². The second-order valence-corrected chi connectivity index (χ2v) is 8.50. The van der Waals surface area contributed by atoms with E-state index in [2.05, 4.69) is 4.98 Å². The van der Waals surface area contributed by atoms with Crippen LogP contribution < -0.4 is 14.2 Å². The molecule has 4 atom stereocenters. The average molecular weight is 410 g/mol. The Labute approximate surface area is 175 Å². The van der Waals surface area contributed by atoms with E-state index in [4.69, 9.17) is 14.2 Å². The molecule has 2 aromatic rings. The van der Waals surface area contributed by atoms with Crippen molar-refractivity contribution in [2.45, 2.75) is 38.9 Å². The third-order valence-electron chi connectivity index (χ3n) is 6.45. The maximum Gasteiger partial charge on any atom is 0.257 e. The summed E-state index contributed by atoms with van der Waals surface area (Å²) in [6.45, 7) is 5.30. The van der Waals surface area contributed by atoms with Gasteiger partial charge in [-0.15, -0.1) is 0 Å². The number of hydrogen-bond donors (Lipinski definition) is 1. The number of rotatable bonds is 3. The molecule has 0 radical (unpaired) electrons. The highest BCUT2D eigenvalue weighted by Gasteiger charge is 2.44. The smallest absolute Gasteiger partial charge is 0.257 e. The first-order chi connectivity index (χ1) is 14.5. The minimum absolute atomic E-state index is 0.0442. The summed E-state index contributed by atoms with van der Waals surface area (Å²) < 4.78 is 17.1. The lowest BCUT2D eigenvalue weighted by molar-refractivity contribution is -0.0236. The molecule has 5 rings (SSSR count). The van der Waals surface area contributed by atoms with E-state index in [1.165, 1.54) is 0 Å². The fourth-order valence-corrected chi connectivity index (χ4v) is 4.91. The molecular formula is C23H26N2O5. The minimum atomic E-state index is -0.556. The second-order valence-electron chi connectivity index (χ2n) is 8.50. The molecule has 3 heterocycles. The van der Waals surface area contributed by atoms with Gasteiger partial charge in [0.15, 0.2) is 11.5 Å². The van der Waals surface area contributed by atoms with Crippen molar-refractivity contribution in [2.75, 3.05) is 19.9 Å². The van der Waals surface area contributed by atoms with Crippen molar-refractivity contribution in [1.82, 2.24) is 9.88 Å². The minimum Gasteiger partial charge on any atom is -0.486 e. The van der Waals surface area contributed by atoms with Gasteiger partial charge in [-0.3, -0.25) is 9.78 Å². The molecule has 1 aromatic heterocycles. The van der Waals surface area contributed by atoms with E-state index in [1.54, 1.807) is 6.07 Å². The maximum atomic E-state index is 13.2. The molecule has 0 unspecified atom stereocenters. The number of likely N-dealkylation sites (tertiary alicyclic amines) is 1. The van der Waals surface area contributed by atoms with Crippen LogP contribution in [0.15, 0.2) is 30.3 Å². The number of nitrogens with zero attached hydrogens (tertiary/aromatic N) is 2. The maximum absolute atomic E-state index is 13.2. The van der Waals surface area contributed by atoms with E-state index in [0.29, 0.717) is 48.2 Å². The number of aliphatic hydroxyl groups excluding tert-OH is 1. The Morgan fingerprint density at radius 3 is 2.73 bits per heavy atom. The Hall–Kier alpha value is -2.80. The summed E-state index contributed by atoms with van der Waals surface area (Å²) in [4.78, 5) is 19.5. The first-order valence-electron chi connectivity index (χ1n) is 10.5. The Kier molecular flexibility index (Phi) is 4.77. The van der Waals surface area contributed by atoms with Gasteiger partial charge < -0.3 is 24.2 Å². The van der Waals surface area contributed by atoms with Crippen LogP contribution in [0.3, 0.4) is 0 Å². The lowest BCUT2D eigenvalue weighted by Gasteiger charge is -2.35. The van der Waals surface area contributed by atoms with E-state index < -0.39 is 6.10 Å². The zero-order valence-electron chi connectivity index (χ0n) is 17.2. The zero-order valence-corrected chi connectivity index (χ0v) is 17.2. The first kappa shape index (κ1) is 19.2. The molecular weight excluding hydrogens is 384 g/mol. The summed E-state index contributed by atoms with van der Waals surface area (Å²) in [5.41, 5.74) is 2.31. The molecule has 3 aliphatic rings. The molecule has 1 N–H and O–H groups in total. The van der Waals surface area contributed by atoms with Crippen LogP contribution in [-0.2, 0) is 0 Å². The predicted molar refractivity (Wildman–Crippen MR) is 109 cm³/mol. The summed E-state index contributed by atoms with van der Waals surface area (Å²) in [5, 5.41) is 10.7. The number of benzene rings is 1. The fourth-order valence-electron chi connectivity index (χ4n) is 4.91. The molecule has 30 heavy (non-hydrogen) atoms. The van der Waals surface area contributed by atoms with Gasteiger partial charge in [-0.1, -0.05) is 6.07 Å². The van der Waals surface area contributed by atoms with Gasteiger partial charge in [-0.25, -0.2) is 0 Å². The molecule has 1 amide bonds. The molecule has 1 aromatic carbocycles. The van der Waals surface area contributed by atoms with Crippen LogP contribution in [0.25, 0.3) is 0 Å². The number of fused-ring (bicyclic) bond motifs is 2. The van der Waals surface area contributed by atoms with Crippen LogP contribution in [0.4, 0.5) is 0 Å². The van der Waals surface area contributed by atoms with Crippen molar-refractivity contribution in [3.8, 4) is 17.2 Å². The number of aryl methyl sites for hydroxylation is 2. The molecule has 1 saturated heterocycles. The van der Waals surface area contributed by atoms with E-state index in [-0.39, 0.29) is 24.7 Å². The molecule has 7 heteroatoms. The third-order valence-corrected chi connectivity index (χ3v) is 6.45. The number of para-hydroxylation sites is 1. The van der Waals surface area contributed by atoms with Gasteiger partial charge >= 0.3 is 0 Å². The average Bonchev–Trinajstić information content (AvgIpc) is 3.36. The molecule has 1 saturated carbocycles. The van der Waals surface area contributed by atoms with Gasteiger partial charge in [-0.2, -0.15) is 0 Å². The van der Waals surface area contributed by atoms with Gasteiger partial charge in [0.1, 0.15) is 11.9 Å². The Morgan fingerprint density at radius 1 is 1.13 bits per heavy atom. The normalized spacial score (nSPS) is 27.1. The van der Waals surface area contributed by atoms with Gasteiger partial charge in [0.2, 0.25) is 6.79 Å². The van der Waals surface area contributed by atoms with Crippen LogP contribution in [0.5, 0.6) is 17.2 Å². The van der Waals surface area contributed by atoms with Gasteiger partial charge in [-0.05, 0) is 62.8 Å². The number of pyridine rings is 1. The Bertz CT molecular complexity index is 978. The molecule has 1 aliphatic carbocycles. The van der Waals surface area contributed by atoms with Crippen molar-refractivity contribution in [1.29, 1.82) is 0 Å². The topological polar surface area (TPSA) is 81.1 Å². The molecule has 7 nitrogen and oxygen atoms in total. The second kappa shape index (κ2) is 7.47. The lowest BCUT2D eigenvalue weighted by atomic mass is 9.78. The third kappa shape index (κ3) is 3.37. The zero-order chi connectivity index (χ0) is 20.8. The van der Waals surface area contributed by atoms with Gasteiger partial charge in [0.25, 0.3) is 5.91 Å². The van der Waals surface area contributed by atoms with Crippen molar-refractivity contribution in [3.63, 3.8) is 0 Å². The number of ether oxygens (including phenoxy) is 3. The van der Waals surface area contributed by atoms with E-state index >= 15 is 0 Å². The highest BCUT2D eigenvalue weighted by Crippen LogP contribution is 2.41. The quantitative estimate of drug-likeness (QED) is 0.838. The Morgan fingerprint density at radius 2 is 1.93 bits per heavy atom. The summed E-state index contributed by atoms with van der Waals surface area (Å²) >= 11 is 0. The van der Waals surface area contributed by atoms with Crippen LogP contribution >= 0.6 is 0 Å². The number of aromatic nitrogens is 1. The lowest BCUT2D eigenvalue weighted by Crippen LogP contribution is -2.42. The molecule has 0 bridgehead atoms. The summed E-state index contributed by atoms with van der Waals surface area (Å²) in [6.07, 6.45) is 0.501. The van der Waals surface area contributed by atoms with Crippen LogP contribution in [0.1, 0.15) is 34.6 Å². The fraction of sp³-hybridized carbons (Fsp3) is 0.478. The number of amides is 1. The largest absolute Gasteiger partial charge is 0.486 e. The summed E-state index contributed by atoms with van der Waals surface area (Å²) in [6, 6.07) is 9.24. The molecule has 2 fully saturated rings. The predicted octanol–water partition coefficient (Wildman–Crippen LogP) is 2.72. The van der Waals surface area contributed by atoms with Crippen molar-refractivity contribution in [2.24, 2.45) is 11.8 Å². The van der Waals surface area contributed by atoms with Crippen molar-refractivity contribution < 1.29 is 24.1 Å². The van der Waals surface area contributed by atoms with E-state index in [1.807, 2.05) is 43.0 Å². The van der Waals surface area contributed by atoms with Crippen LogP contribution in [-0.4, -0.2) is 53.0 Å². The molecule has 0 spiro atoms. The van der Waals surface area contributed by atoms with Crippen LogP contribution in [0.2, 0.25) is 0 Å². The number of hydrogen-bond acceptors (Lipinski definition) is 6. The SMILES string of the molecule is Cc1ccc(O[C@@H]2C[C@@H]3CN(C(=O)c4cccc5c4OCO5)C[C@@H]3C[C@H]2O)c(C)n1. The van der Waals surface area contributed by atoms with Gasteiger partial charge in [0.05, 0.1) is 17.4 Å². The van der Waals surface area contributed by atoms with Crippen molar-refractivity contribution >= 4 is 5.91 Å². The highest BCUT2D eigenvalue weighted by atomic mass is 16.7. The van der Waals surface area contributed by atoms with E-state index in [9.17, 15) is 9.90 Å². The number of carbonyl (C=O) groups excluding carboxylic acids is 1.